The summed E-state index contributed by atoms with van der Waals surface area (Å²) in [7, 11) is 1.54. The second-order valence-corrected chi connectivity index (χ2v) is 7.61. The number of benzene rings is 1. The quantitative estimate of drug-likeness (QED) is 0.659. The number of carbonyl (C=O) groups excluding carboxylic acids is 2. The number of aromatic nitrogens is 2. The number of anilines is 1. The number of hydrogen-bond donors (Lipinski definition) is 2. The Labute approximate surface area is 177 Å². The van der Waals surface area contributed by atoms with Crippen LogP contribution in [0.5, 0.6) is 0 Å². The van der Waals surface area contributed by atoms with Crippen LogP contribution in [0.2, 0.25) is 0 Å². The number of nitrogens with one attached hydrogen (secondary N) is 2. The number of rotatable bonds is 5. The molecule has 7 nitrogen and oxygen atoms in total. The number of fused-ring (bicyclic) bond motifs is 1. The van der Waals surface area contributed by atoms with Gasteiger partial charge in [0.15, 0.2) is 0 Å². The van der Waals surface area contributed by atoms with Crippen LogP contribution in [0.4, 0.5) is 10.2 Å². The summed E-state index contributed by atoms with van der Waals surface area (Å²) in [6.07, 6.45) is 8.15. The largest absolute Gasteiger partial charge is 0.444 e. The van der Waals surface area contributed by atoms with E-state index in [9.17, 15) is 9.59 Å². The Balaban J connectivity index is 1.57. The molecule has 2 aliphatic rings. The van der Waals surface area contributed by atoms with Crippen LogP contribution >= 0.6 is 0 Å². The summed E-state index contributed by atoms with van der Waals surface area (Å²) in [6.45, 7) is 0. The molecule has 156 valence electrons. The van der Waals surface area contributed by atoms with Gasteiger partial charge in [-0.2, -0.15) is 0 Å². The van der Waals surface area contributed by atoms with Gasteiger partial charge in [-0.05, 0) is 36.1 Å². The summed E-state index contributed by atoms with van der Waals surface area (Å²) in [5.74, 6) is -0.208. The molecule has 0 aliphatic heterocycles. The van der Waals surface area contributed by atoms with Gasteiger partial charge >= 0.3 is 0 Å². The zero-order valence-corrected chi connectivity index (χ0v) is 16.7. The predicted octanol–water partition coefficient (Wildman–Crippen LogP) is 3.68. The Kier molecular flexibility index (Phi) is 4.62. The van der Waals surface area contributed by atoms with Crippen molar-refractivity contribution in [1.82, 2.24) is 15.3 Å². The molecule has 0 atom stereocenters. The second kappa shape index (κ2) is 7.46. The van der Waals surface area contributed by atoms with Gasteiger partial charge in [0.2, 0.25) is 11.8 Å². The molecule has 1 saturated carbocycles. The van der Waals surface area contributed by atoms with Gasteiger partial charge in [0.1, 0.15) is 17.9 Å². The maximum absolute atomic E-state index is 15.4. The monoisotopic (exact) mass is 418 g/mol. The molecular formula is C23H19FN4O3. The molecule has 2 aliphatic carbocycles. The summed E-state index contributed by atoms with van der Waals surface area (Å²) in [6, 6.07) is 5.01. The van der Waals surface area contributed by atoms with Crippen LogP contribution in [0, 0.1) is 11.7 Å². The van der Waals surface area contributed by atoms with Crippen LogP contribution in [0.3, 0.4) is 0 Å². The highest BCUT2D eigenvalue weighted by molar-refractivity contribution is 6.04. The molecule has 0 bridgehead atoms. The maximum atomic E-state index is 15.4. The van der Waals surface area contributed by atoms with Crippen molar-refractivity contribution in [2.24, 2.45) is 5.92 Å². The number of nitrogens with zero attached hydrogens (tertiary/aromatic N) is 2. The van der Waals surface area contributed by atoms with E-state index in [0.29, 0.717) is 40.1 Å². The molecule has 5 rings (SSSR count). The molecule has 2 heterocycles. The van der Waals surface area contributed by atoms with E-state index in [1.54, 1.807) is 24.3 Å². The van der Waals surface area contributed by atoms with E-state index in [1.807, 2.05) is 0 Å². The number of halogens is 1. The molecule has 1 aromatic carbocycles. The van der Waals surface area contributed by atoms with Crippen LogP contribution in [0.25, 0.3) is 23.1 Å². The Morgan fingerprint density at radius 2 is 2.00 bits per heavy atom. The standard InChI is InChI=1S/C23H19FN4O3/c1-25-22(30)18-11-27-20(28-21(29)12-5-6-12)17-10-13(9-16(17)18)14-3-2-4-15(19(14)24)23-26-7-8-31-23/h2-4,7-9,11-12H,5-6,10H2,1H3,(H,25,30)(H,27,28,29). The lowest BCUT2D eigenvalue weighted by Crippen LogP contribution is -2.21. The van der Waals surface area contributed by atoms with E-state index >= 15 is 4.39 Å². The Morgan fingerprint density at radius 3 is 2.71 bits per heavy atom. The molecule has 8 heteroatoms. The minimum atomic E-state index is -0.456. The van der Waals surface area contributed by atoms with Crippen molar-refractivity contribution in [2.45, 2.75) is 19.3 Å². The normalized spacial score (nSPS) is 14.7. The lowest BCUT2D eigenvalue weighted by Gasteiger charge is -2.12. The van der Waals surface area contributed by atoms with Crippen LogP contribution in [-0.2, 0) is 11.2 Å². The summed E-state index contributed by atoms with van der Waals surface area (Å²) in [5, 5.41) is 5.48. The molecule has 1 fully saturated rings. The van der Waals surface area contributed by atoms with E-state index in [2.05, 4.69) is 20.6 Å². The lowest BCUT2D eigenvalue weighted by atomic mass is 10.00. The van der Waals surface area contributed by atoms with Crippen molar-refractivity contribution >= 4 is 29.3 Å². The first kappa shape index (κ1) is 19.2. The summed E-state index contributed by atoms with van der Waals surface area (Å²) in [4.78, 5) is 33.1. The fourth-order valence-corrected chi connectivity index (χ4v) is 3.79. The summed E-state index contributed by atoms with van der Waals surface area (Å²) >= 11 is 0. The molecule has 31 heavy (non-hydrogen) atoms. The van der Waals surface area contributed by atoms with E-state index in [4.69, 9.17) is 4.42 Å². The topological polar surface area (TPSA) is 97.1 Å². The third kappa shape index (κ3) is 3.39. The van der Waals surface area contributed by atoms with E-state index in [0.717, 1.165) is 12.8 Å². The Hall–Kier alpha value is -3.81. The molecule has 0 radical (unpaired) electrons. The number of oxazole rings is 1. The van der Waals surface area contributed by atoms with Crippen molar-refractivity contribution < 1.29 is 18.4 Å². The molecule has 2 amide bonds. The number of carbonyl (C=O) groups is 2. The van der Waals surface area contributed by atoms with E-state index in [1.165, 1.54) is 25.7 Å². The van der Waals surface area contributed by atoms with Gasteiger partial charge in [0.25, 0.3) is 5.91 Å². The second-order valence-electron chi connectivity index (χ2n) is 7.61. The first-order chi connectivity index (χ1) is 15.1. The number of allylic oxidation sites excluding steroid dienone is 1. The molecule has 0 spiro atoms. The third-order valence-electron chi connectivity index (χ3n) is 5.58. The van der Waals surface area contributed by atoms with Gasteiger partial charge in [-0.25, -0.2) is 14.4 Å². The molecular weight excluding hydrogens is 399 g/mol. The van der Waals surface area contributed by atoms with Crippen molar-refractivity contribution in [3.05, 3.63) is 64.9 Å². The average molecular weight is 418 g/mol. The minimum absolute atomic E-state index is 0.0137. The highest BCUT2D eigenvalue weighted by atomic mass is 19.1. The first-order valence-electron chi connectivity index (χ1n) is 10.0. The predicted molar refractivity (Wildman–Crippen MR) is 112 cm³/mol. The number of pyridine rings is 1. The van der Waals surface area contributed by atoms with Crippen LogP contribution in [-0.4, -0.2) is 28.8 Å². The fourth-order valence-electron chi connectivity index (χ4n) is 3.79. The van der Waals surface area contributed by atoms with Crippen LogP contribution < -0.4 is 10.6 Å². The van der Waals surface area contributed by atoms with Gasteiger partial charge in [0.05, 0.1) is 17.3 Å². The summed E-state index contributed by atoms with van der Waals surface area (Å²) < 4.78 is 20.6. The van der Waals surface area contributed by atoms with E-state index in [-0.39, 0.29) is 29.2 Å². The van der Waals surface area contributed by atoms with E-state index < -0.39 is 5.82 Å². The zero-order chi connectivity index (χ0) is 21.5. The van der Waals surface area contributed by atoms with Gasteiger partial charge < -0.3 is 15.1 Å². The highest BCUT2D eigenvalue weighted by Crippen LogP contribution is 2.40. The van der Waals surface area contributed by atoms with Crippen LogP contribution in [0.15, 0.2) is 41.3 Å². The zero-order valence-electron chi connectivity index (χ0n) is 16.7. The molecule has 2 N–H and O–H groups in total. The summed E-state index contributed by atoms with van der Waals surface area (Å²) in [5.41, 5.74) is 3.03. The molecule has 2 aromatic heterocycles. The van der Waals surface area contributed by atoms with Gasteiger partial charge in [-0.1, -0.05) is 12.1 Å². The lowest BCUT2D eigenvalue weighted by molar-refractivity contribution is -0.117. The average Bonchev–Trinajstić information content (AvgIpc) is 3.30. The van der Waals surface area contributed by atoms with Crippen molar-refractivity contribution in [1.29, 1.82) is 0 Å². The smallest absolute Gasteiger partial charge is 0.253 e. The van der Waals surface area contributed by atoms with Gasteiger partial charge in [-0.3, -0.25) is 9.59 Å². The van der Waals surface area contributed by atoms with Gasteiger partial charge in [-0.15, -0.1) is 0 Å². The number of hydrogen-bond acceptors (Lipinski definition) is 5. The highest BCUT2D eigenvalue weighted by Gasteiger charge is 2.32. The van der Waals surface area contributed by atoms with Crippen molar-refractivity contribution in [2.75, 3.05) is 12.4 Å². The molecule has 0 unspecified atom stereocenters. The SMILES string of the molecule is CNC(=O)c1cnc(NC(=O)C2CC2)c2c1C=C(c1cccc(-c3ncco3)c1F)C2. The first-order valence-corrected chi connectivity index (χ1v) is 10.0. The maximum Gasteiger partial charge on any atom is 0.253 e. The third-order valence-corrected chi connectivity index (χ3v) is 5.58. The minimum Gasteiger partial charge on any atom is -0.444 e. The Morgan fingerprint density at radius 1 is 1.19 bits per heavy atom. The van der Waals surface area contributed by atoms with Crippen LogP contribution in [0.1, 0.15) is 39.9 Å². The van der Waals surface area contributed by atoms with Gasteiger partial charge in [0, 0.05) is 36.7 Å². The molecule has 3 aromatic rings. The van der Waals surface area contributed by atoms with Crippen molar-refractivity contribution in [3.63, 3.8) is 0 Å². The van der Waals surface area contributed by atoms with Crippen molar-refractivity contribution in [3.8, 4) is 11.5 Å². The molecule has 0 saturated heterocycles. The Bertz CT molecular complexity index is 1230. The fraction of sp³-hybridized carbons (Fsp3) is 0.217. The number of amides is 2.